The molecule has 0 heterocycles. The SMILES string of the molecule is CC(CS)c1ccccc1O. The van der Waals surface area contributed by atoms with Crippen LogP contribution in [0.15, 0.2) is 24.3 Å². The first-order chi connectivity index (χ1) is 5.25. The molecule has 1 aromatic carbocycles. The van der Waals surface area contributed by atoms with E-state index in [4.69, 9.17) is 0 Å². The molecule has 0 aliphatic rings. The summed E-state index contributed by atoms with van der Waals surface area (Å²) in [5, 5.41) is 9.38. The van der Waals surface area contributed by atoms with Crippen molar-refractivity contribution in [3.05, 3.63) is 29.8 Å². The van der Waals surface area contributed by atoms with Gasteiger partial charge >= 0.3 is 0 Å². The standard InChI is InChI=1S/C9H12OS/c1-7(6-11)8-4-2-3-5-9(8)10/h2-5,7,10-11H,6H2,1H3. The summed E-state index contributed by atoms with van der Waals surface area (Å²) < 4.78 is 0. The van der Waals surface area contributed by atoms with Gasteiger partial charge in [-0.3, -0.25) is 0 Å². The fourth-order valence-electron chi connectivity index (χ4n) is 1.00. The van der Waals surface area contributed by atoms with E-state index in [1.165, 1.54) is 0 Å². The molecule has 0 aromatic heterocycles. The molecule has 1 aromatic rings. The highest BCUT2D eigenvalue weighted by molar-refractivity contribution is 7.80. The molecule has 0 amide bonds. The molecule has 0 aliphatic heterocycles. The highest BCUT2D eigenvalue weighted by Gasteiger charge is 2.06. The summed E-state index contributed by atoms with van der Waals surface area (Å²) in [6.45, 7) is 2.04. The highest BCUT2D eigenvalue weighted by Crippen LogP contribution is 2.25. The quantitative estimate of drug-likeness (QED) is 0.650. The Morgan fingerprint density at radius 3 is 2.64 bits per heavy atom. The van der Waals surface area contributed by atoms with Crippen molar-refractivity contribution < 1.29 is 5.11 Å². The first-order valence-electron chi connectivity index (χ1n) is 3.64. The second-order valence-electron chi connectivity index (χ2n) is 2.64. The zero-order valence-electron chi connectivity index (χ0n) is 6.49. The van der Waals surface area contributed by atoms with Gasteiger partial charge in [0.05, 0.1) is 0 Å². The molecular weight excluding hydrogens is 156 g/mol. The molecule has 0 aliphatic carbocycles. The van der Waals surface area contributed by atoms with Crippen LogP contribution in [-0.2, 0) is 0 Å². The van der Waals surface area contributed by atoms with E-state index < -0.39 is 0 Å². The van der Waals surface area contributed by atoms with Gasteiger partial charge in [-0.25, -0.2) is 0 Å². The lowest BCUT2D eigenvalue weighted by atomic mass is 10.0. The van der Waals surface area contributed by atoms with Crippen molar-refractivity contribution in [3.8, 4) is 5.75 Å². The lowest BCUT2D eigenvalue weighted by Gasteiger charge is -2.09. The van der Waals surface area contributed by atoms with Crippen molar-refractivity contribution in [2.75, 3.05) is 5.75 Å². The maximum absolute atomic E-state index is 9.38. The Hall–Kier alpha value is -0.630. The number of aromatic hydroxyl groups is 1. The van der Waals surface area contributed by atoms with Gasteiger partial charge in [-0.15, -0.1) is 0 Å². The molecule has 0 fully saturated rings. The maximum atomic E-state index is 9.38. The number of para-hydroxylation sites is 1. The van der Waals surface area contributed by atoms with E-state index >= 15 is 0 Å². The monoisotopic (exact) mass is 168 g/mol. The molecule has 0 radical (unpaired) electrons. The Bertz CT molecular complexity index is 235. The average Bonchev–Trinajstić information content (AvgIpc) is 2.04. The molecule has 1 unspecified atom stereocenters. The first-order valence-corrected chi connectivity index (χ1v) is 4.27. The van der Waals surface area contributed by atoms with Crippen LogP contribution in [0.4, 0.5) is 0 Å². The van der Waals surface area contributed by atoms with Gasteiger partial charge in [-0.1, -0.05) is 25.1 Å². The summed E-state index contributed by atoms with van der Waals surface area (Å²) in [6, 6.07) is 7.38. The molecule has 0 saturated heterocycles. The van der Waals surface area contributed by atoms with Gasteiger partial charge in [-0.2, -0.15) is 12.6 Å². The van der Waals surface area contributed by atoms with Crippen molar-refractivity contribution in [1.82, 2.24) is 0 Å². The van der Waals surface area contributed by atoms with Gasteiger partial charge in [0.15, 0.2) is 0 Å². The Morgan fingerprint density at radius 2 is 2.09 bits per heavy atom. The number of hydrogen-bond acceptors (Lipinski definition) is 2. The zero-order valence-corrected chi connectivity index (χ0v) is 7.38. The number of rotatable bonds is 2. The topological polar surface area (TPSA) is 20.2 Å². The van der Waals surface area contributed by atoms with Gasteiger partial charge in [0.2, 0.25) is 0 Å². The Labute approximate surface area is 72.5 Å². The van der Waals surface area contributed by atoms with Gasteiger partial charge in [-0.05, 0) is 23.3 Å². The Balaban J connectivity index is 2.93. The first kappa shape index (κ1) is 8.47. The second kappa shape index (κ2) is 3.67. The lowest BCUT2D eigenvalue weighted by Crippen LogP contribution is -1.94. The van der Waals surface area contributed by atoms with Gasteiger partial charge in [0, 0.05) is 0 Å². The van der Waals surface area contributed by atoms with E-state index in [2.05, 4.69) is 12.6 Å². The smallest absolute Gasteiger partial charge is 0.119 e. The third-order valence-electron chi connectivity index (χ3n) is 1.74. The number of benzene rings is 1. The average molecular weight is 168 g/mol. The van der Waals surface area contributed by atoms with Crippen molar-refractivity contribution >= 4 is 12.6 Å². The molecule has 1 N–H and O–H groups in total. The normalized spacial score (nSPS) is 12.9. The third kappa shape index (κ3) is 1.90. The van der Waals surface area contributed by atoms with E-state index in [0.29, 0.717) is 11.7 Å². The molecule has 60 valence electrons. The van der Waals surface area contributed by atoms with Crippen LogP contribution in [0.2, 0.25) is 0 Å². The van der Waals surface area contributed by atoms with Crippen molar-refractivity contribution in [2.24, 2.45) is 0 Å². The maximum Gasteiger partial charge on any atom is 0.119 e. The number of phenols is 1. The van der Waals surface area contributed by atoms with Crippen molar-refractivity contribution in [2.45, 2.75) is 12.8 Å². The minimum atomic E-state index is 0.319. The largest absolute Gasteiger partial charge is 0.508 e. The van der Waals surface area contributed by atoms with Gasteiger partial charge < -0.3 is 5.11 Å². The van der Waals surface area contributed by atoms with Gasteiger partial charge in [0.25, 0.3) is 0 Å². The summed E-state index contributed by atoms with van der Waals surface area (Å²) in [6.07, 6.45) is 0. The van der Waals surface area contributed by atoms with Crippen molar-refractivity contribution in [1.29, 1.82) is 0 Å². The molecule has 1 rings (SSSR count). The second-order valence-corrected chi connectivity index (χ2v) is 3.01. The molecule has 0 bridgehead atoms. The molecule has 2 heteroatoms. The predicted octanol–water partition coefficient (Wildman–Crippen LogP) is 2.43. The molecular formula is C9H12OS. The van der Waals surface area contributed by atoms with Crippen LogP contribution in [0.25, 0.3) is 0 Å². The van der Waals surface area contributed by atoms with E-state index in [0.717, 1.165) is 11.3 Å². The van der Waals surface area contributed by atoms with E-state index in [1.54, 1.807) is 6.07 Å². The Morgan fingerprint density at radius 1 is 1.45 bits per heavy atom. The third-order valence-corrected chi connectivity index (χ3v) is 2.29. The molecule has 0 spiro atoms. The summed E-state index contributed by atoms with van der Waals surface area (Å²) in [5.41, 5.74) is 0.975. The summed E-state index contributed by atoms with van der Waals surface area (Å²) in [4.78, 5) is 0. The van der Waals surface area contributed by atoms with E-state index in [1.807, 2.05) is 25.1 Å². The van der Waals surface area contributed by atoms with Crippen LogP contribution in [0.5, 0.6) is 5.75 Å². The van der Waals surface area contributed by atoms with Crippen molar-refractivity contribution in [3.63, 3.8) is 0 Å². The molecule has 1 atom stereocenters. The summed E-state index contributed by atoms with van der Waals surface area (Å²) in [5.74, 6) is 1.45. The fourth-order valence-corrected chi connectivity index (χ4v) is 1.20. The molecule has 1 nitrogen and oxygen atoms in total. The van der Waals surface area contributed by atoms with Gasteiger partial charge in [0.1, 0.15) is 5.75 Å². The lowest BCUT2D eigenvalue weighted by molar-refractivity contribution is 0.465. The van der Waals surface area contributed by atoms with E-state index in [9.17, 15) is 5.11 Å². The van der Waals surface area contributed by atoms with Crippen LogP contribution in [0, 0.1) is 0 Å². The van der Waals surface area contributed by atoms with Crippen LogP contribution in [0.1, 0.15) is 18.4 Å². The van der Waals surface area contributed by atoms with Crippen LogP contribution in [0.3, 0.4) is 0 Å². The minimum Gasteiger partial charge on any atom is -0.508 e. The van der Waals surface area contributed by atoms with E-state index in [-0.39, 0.29) is 0 Å². The number of phenolic OH excluding ortho intramolecular Hbond substituents is 1. The molecule has 0 saturated carbocycles. The van der Waals surface area contributed by atoms with Crippen LogP contribution >= 0.6 is 12.6 Å². The molecule has 11 heavy (non-hydrogen) atoms. The Kier molecular flexibility index (Phi) is 2.83. The highest BCUT2D eigenvalue weighted by atomic mass is 32.1. The number of thiol groups is 1. The minimum absolute atomic E-state index is 0.319. The van der Waals surface area contributed by atoms with Crippen LogP contribution in [-0.4, -0.2) is 10.9 Å². The van der Waals surface area contributed by atoms with Crippen LogP contribution < -0.4 is 0 Å². The fraction of sp³-hybridized carbons (Fsp3) is 0.333. The predicted molar refractivity (Wildman–Crippen MR) is 50.4 cm³/mol. The summed E-state index contributed by atoms with van der Waals surface area (Å²) >= 11 is 4.16. The number of hydrogen-bond donors (Lipinski definition) is 2. The zero-order chi connectivity index (χ0) is 8.27. The summed E-state index contributed by atoms with van der Waals surface area (Å²) in [7, 11) is 0.